The molecule has 0 amide bonds. The van der Waals surface area contributed by atoms with Gasteiger partial charge in [0.2, 0.25) is 0 Å². The maximum atomic E-state index is 6.28. The number of aryl methyl sites for hydroxylation is 1. The molecule has 0 N–H and O–H groups in total. The number of alkyl halides is 1. The second kappa shape index (κ2) is 4.21. The molecule has 0 saturated heterocycles. The predicted molar refractivity (Wildman–Crippen MR) is 69.6 cm³/mol. The van der Waals surface area contributed by atoms with E-state index in [1.165, 1.54) is 11.1 Å². The summed E-state index contributed by atoms with van der Waals surface area (Å²) in [7, 11) is 0. The van der Waals surface area contributed by atoms with Crippen LogP contribution >= 0.6 is 11.6 Å². The molecule has 1 atom stereocenters. The lowest BCUT2D eigenvalue weighted by molar-refractivity contribution is 0.340. The van der Waals surface area contributed by atoms with Gasteiger partial charge in [-0.1, -0.05) is 26.0 Å². The minimum absolute atomic E-state index is 0.153. The first-order valence-corrected chi connectivity index (χ1v) is 6.18. The Morgan fingerprint density at radius 2 is 2.12 bits per heavy atom. The van der Waals surface area contributed by atoms with E-state index >= 15 is 0 Å². The average molecular weight is 236 g/mol. The fraction of sp³-hybridized carbons (Fsp3) is 0.500. The van der Waals surface area contributed by atoms with E-state index in [2.05, 4.69) is 37.0 Å². The molecule has 0 fully saturated rings. The van der Waals surface area contributed by atoms with Crippen LogP contribution in [0.25, 0.3) is 5.57 Å². The van der Waals surface area contributed by atoms with Crippen LogP contribution in [-0.4, -0.2) is 10.4 Å². The topological polar surface area (TPSA) is 12.9 Å². The summed E-state index contributed by atoms with van der Waals surface area (Å²) >= 11 is 6.28. The molecule has 1 unspecified atom stereocenters. The van der Waals surface area contributed by atoms with E-state index in [0.29, 0.717) is 5.41 Å². The lowest BCUT2D eigenvalue weighted by Crippen LogP contribution is -2.21. The summed E-state index contributed by atoms with van der Waals surface area (Å²) in [5.74, 6) is 0. The standard InChI is InChI=1S/C14H18ClN/c1-10-4-5-11(9-16-10)12-6-13(15)8-14(2,3)7-12/h4-6,9,13H,7-8H2,1-3H3. The predicted octanol–water partition coefficient (Wildman–Crippen LogP) is 4.20. The summed E-state index contributed by atoms with van der Waals surface area (Å²) in [6, 6.07) is 4.19. The summed E-state index contributed by atoms with van der Waals surface area (Å²) in [6.07, 6.45) is 6.27. The Labute approximate surface area is 103 Å². The highest BCUT2D eigenvalue weighted by atomic mass is 35.5. The van der Waals surface area contributed by atoms with E-state index < -0.39 is 0 Å². The van der Waals surface area contributed by atoms with Gasteiger partial charge in [0.05, 0.1) is 5.38 Å². The van der Waals surface area contributed by atoms with E-state index in [4.69, 9.17) is 11.6 Å². The molecule has 16 heavy (non-hydrogen) atoms. The minimum Gasteiger partial charge on any atom is -0.261 e. The first kappa shape index (κ1) is 11.7. The number of aromatic nitrogens is 1. The van der Waals surface area contributed by atoms with Crippen molar-refractivity contribution < 1.29 is 0 Å². The molecule has 0 saturated carbocycles. The normalized spacial score (nSPS) is 24.0. The summed E-state index contributed by atoms with van der Waals surface area (Å²) in [5.41, 5.74) is 3.90. The highest BCUT2D eigenvalue weighted by Crippen LogP contribution is 2.40. The Hall–Kier alpha value is -0.820. The monoisotopic (exact) mass is 235 g/mol. The molecule has 1 aliphatic rings. The molecular formula is C14H18ClN. The second-order valence-electron chi connectivity index (χ2n) is 5.44. The first-order valence-electron chi connectivity index (χ1n) is 5.74. The zero-order valence-electron chi connectivity index (χ0n) is 10.1. The largest absolute Gasteiger partial charge is 0.261 e. The third-order valence-corrected chi connectivity index (χ3v) is 3.36. The highest BCUT2D eigenvalue weighted by Gasteiger charge is 2.28. The number of rotatable bonds is 1. The summed E-state index contributed by atoms with van der Waals surface area (Å²) in [6.45, 7) is 6.56. The molecule has 86 valence electrons. The molecule has 1 heterocycles. The molecule has 2 rings (SSSR count). The Morgan fingerprint density at radius 1 is 1.38 bits per heavy atom. The van der Waals surface area contributed by atoms with Gasteiger partial charge in [0.15, 0.2) is 0 Å². The number of hydrogen-bond acceptors (Lipinski definition) is 1. The quantitative estimate of drug-likeness (QED) is 0.665. The molecule has 1 aliphatic carbocycles. The molecule has 1 aromatic heterocycles. The summed E-state index contributed by atoms with van der Waals surface area (Å²) in [5, 5.41) is 0.153. The number of hydrogen-bond donors (Lipinski definition) is 0. The van der Waals surface area contributed by atoms with Gasteiger partial charge in [-0.05, 0) is 42.4 Å². The number of pyridine rings is 1. The van der Waals surface area contributed by atoms with Gasteiger partial charge in [0.25, 0.3) is 0 Å². The molecule has 1 aromatic rings. The van der Waals surface area contributed by atoms with Gasteiger partial charge in [0.1, 0.15) is 0 Å². The van der Waals surface area contributed by atoms with Crippen molar-refractivity contribution in [3.8, 4) is 0 Å². The van der Waals surface area contributed by atoms with Crippen LogP contribution in [-0.2, 0) is 0 Å². The second-order valence-corrected chi connectivity index (χ2v) is 6.00. The van der Waals surface area contributed by atoms with Crippen LogP contribution in [0, 0.1) is 12.3 Å². The lowest BCUT2D eigenvalue weighted by Gasteiger charge is -2.32. The zero-order chi connectivity index (χ0) is 11.8. The molecule has 2 heteroatoms. The van der Waals surface area contributed by atoms with Crippen LogP contribution in [0.4, 0.5) is 0 Å². The maximum absolute atomic E-state index is 6.28. The lowest BCUT2D eigenvalue weighted by atomic mass is 9.75. The Morgan fingerprint density at radius 3 is 2.69 bits per heavy atom. The zero-order valence-corrected chi connectivity index (χ0v) is 10.9. The van der Waals surface area contributed by atoms with Gasteiger partial charge in [-0.15, -0.1) is 11.6 Å². The van der Waals surface area contributed by atoms with Crippen molar-refractivity contribution in [2.24, 2.45) is 5.41 Å². The third kappa shape index (κ3) is 2.65. The van der Waals surface area contributed by atoms with Crippen molar-refractivity contribution in [3.05, 3.63) is 35.7 Å². The van der Waals surface area contributed by atoms with Crippen molar-refractivity contribution in [2.45, 2.75) is 39.0 Å². The fourth-order valence-corrected chi connectivity index (χ4v) is 2.88. The van der Waals surface area contributed by atoms with Crippen LogP contribution in [0.5, 0.6) is 0 Å². The van der Waals surface area contributed by atoms with Gasteiger partial charge < -0.3 is 0 Å². The average Bonchev–Trinajstić information content (AvgIpc) is 2.15. The third-order valence-electron chi connectivity index (χ3n) is 3.08. The number of nitrogens with zero attached hydrogens (tertiary/aromatic N) is 1. The number of allylic oxidation sites excluding steroid dienone is 2. The van der Waals surface area contributed by atoms with Gasteiger partial charge in [-0.25, -0.2) is 0 Å². The van der Waals surface area contributed by atoms with Crippen LogP contribution in [0.3, 0.4) is 0 Å². The molecule has 0 spiro atoms. The first-order chi connectivity index (χ1) is 7.46. The van der Waals surface area contributed by atoms with Crippen LogP contribution in [0.15, 0.2) is 24.4 Å². The van der Waals surface area contributed by atoms with Crippen molar-refractivity contribution in [3.63, 3.8) is 0 Å². The van der Waals surface area contributed by atoms with E-state index in [1.807, 2.05) is 13.1 Å². The van der Waals surface area contributed by atoms with E-state index in [1.54, 1.807) is 0 Å². The van der Waals surface area contributed by atoms with Crippen LogP contribution in [0.1, 0.15) is 37.9 Å². The van der Waals surface area contributed by atoms with Crippen molar-refractivity contribution >= 4 is 17.2 Å². The molecule has 0 bridgehead atoms. The highest BCUT2D eigenvalue weighted by molar-refractivity contribution is 6.22. The van der Waals surface area contributed by atoms with Gasteiger partial charge in [-0.2, -0.15) is 0 Å². The number of halogens is 1. The molecular weight excluding hydrogens is 218 g/mol. The Balaban J connectivity index is 2.30. The van der Waals surface area contributed by atoms with Crippen LogP contribution in [0.2, 0.25) is 0 Å². The van der Waals surface area contributed by atoms with Gasteiger partial charge >= 0.3 is 0 Å². The maximum Gasteiger partial charge on any atom is 0.0527 e. The molecule has 0 radical (unpaired) electrons. The molecule has 1 nitrogen and oxygen atoms in total. The van der Waals surface area contributed by atoms with E-state index in [9.17, 15) is 0 Å². The van der Waals surface area contributed by atoms with Crippen molar-refractivity contribution in [1.29, 1.82) is 0 Å². The van der Waals surface area contributed by atoms with E-state index in [-0.39, 0.29) is 5.38 Å². The fourth-order valence-electron chi connectivity index (χ4n) is 2.31. The minimum atomic E-state index is 0.153. The van der Waals surface area contributed by atoms with Crippen molar-refractivity contribution in [2.75, 3.05) is 0 Å². The Kier molecular flexibility index (Phi) is 3.07. The van der Waals surface area contributed by atoms with Gasteiger partial charge in [-0.3, -0.25) is 4.98 Å². The summed E-state index contributed by atoms with van der Waals surface area (Å²) in [4.78, 5) is 4.34. The van der Waals surface area contributed by atoms with Crippen molar-refractivity contribution in [1.82, 2.24) is 4.98 Å². The van der Waals surface area contributed by atoms with Gasteiger partial charge in [0, 0.05) is 11.9 Å². The SMILES string of the molecule is Cc1ccc(C2=CC(Cl)CC(C)(C)C2)cn1. The smallest absolute Gasteiger partial charge is 0.0527 e. The Bertz CT molecular complexity index is 403. The molecule has 0 aromatic carbocycles. The van der Waals surface area contributed by atoms with Crippen LogP contribution < -0.4 is 0 Å². The summed E-state index contributed by atoms with van der Waals surface area (Å²) < 4.78 is 0. The molecule has 0 aliphatic heterocycles. The van der Waals surface area contributed by atoms with E-state index in [0.717, 1.165) is 18.5 Å².